The first kappa shape index (κ1) is 16.9. The first-order chi connectivity index (χ1) is 12.0. The monoisotopic (exact) mass is 353 g/mol. The average molecular weight is 353 g/mol. The van der Waals surface area contributed by atoms with Gasteiger partial charge in [-0.3, -0.25) is 4.68 Å². The summed E-state index contributed by atoms with van der Waals surface area (Å²) >= 11 is 1.36. The molecule has 7 nitrogen and oxygen atoms in total. The molecule has 0 fully saturated rings. The zero-order valence-electron chi connectivity index (χ0n) is 14.4. The Morgan fingerprint density at radius 3 is 2.60 bits per heavy atom. The minimum absolute atomic E-state index is 0.198. The standard InChI is InChI=1S/C17H19N7S/c1-4-5-24-10(3)13(8-21-24)11-6-14(23-16(19)12(11)7-18)15-9(2)22-17(20)25-15/h6,8H,4-5H2,1-3H3,(H2,19,23)(H2,20,22). The molecule has 3 aromatic rings. The van der Waals surface area contributed by atoms with Crippen LogP contribution in [0.4, 0.5) is 10.9 Å². The number of thiazole rings is 1. The largest absolute Gasteiger partial charge is 0.383 e. The van der Waals surface area contributed by atoms with Gasteiger partial charge in [-0.25, -0.2) is 9.97 Å². The molecule has 0 atom stereocenters. The molecule has 3 rings (SSSR count). The van der Waals surface area contributed by atoms with Crippen LogP contribution in [0, 0.1) is 25.2 Å². The number of nitrogen functional groups attached to an aromatic ring is 2. The van der Waals surface area contributed by atoms with Crippen molar-refractivity contribution in [1.29, 1.82) is 5.26 Å². The summed E-state index contributed by atoms with van der Waals surface area (Å²) in [5, 5.41) is 14.5. The Morgan fingerprint density at radius 1 is 1.24 bits per heavy atom. The van der Waals surface area contributed by atoms with Crippen molar-refractivity contribution in [2.75, 3.05) is 11.5 Å². The van der Waals surface area contributed by atoms with E-state index in [2.05, 4.69) is 28.1 Å². The van der Waals surface area contributed by atoms with E-state index < -0.39 is 0 Å². The molecule has 0 radical (unpaired) electrons. The Morgan fingerprint density at radius 2 is 2.00 bits per heavy atom. The van der Waals surface area contributed by atoms with Gasteiger partial charge in [-0.15, -0.1) is 0 Å². The minimum Gasteiger partial charge on any atom is -0.383 e. The van der Waals surface area contributed by atoms with Crippen LogP contribution in [0.1, 0.15) is 30.3 Å². The van der Waals surface area contributed by atoms with Gasteiger partial charge >= 0.3 is 0 Å². The first-order valence-corrected chi connectivity index (χ1v) is 8.74. The van der Waals surface area contributed by atoms with Crippen LogP contribution in [0.5, 0.6) is 0 Å². The molecule has 0 aromatic carbocycles. The molecule has 25 heavy (non-hydrogen) atoms. The van der Waals surface area contributed by atoms with E-state index in [9.17, 15) is 5.26 Å². The summed E-state index contributed by atoms with van der Waals surface area (Å²) in [6, 6.07) is 4.04. The van der Waals surface area contributed by atoms with Crippen LogP contribution in [0.2, 0.25) is 0 Å². The number of aromatic nitrogens is 4. The number of pyridine rings is 1. The van der Waals surface area contributed by atoms with Crippen molar-refractivity contribution in [2.45, 2.75) is 33.7 Å². The summed E-state index contributed by atoms with van der Waals surface area (Å²) in [5.41, 5.74) is 16.3. The van der Waals surface area contributed by atoms with E-state index in [4.69, 9.17) is 11.5 Å². The number of anilines is 2. The van der Waals surface area contributed by atoms with E-state index >= 15 is 0 Å². The lowest BCUT2D eigenvalue weighted by atomic mass is 10.0. The molecule has 0 spiro atoms. The van der Waals surface area contributed by atoms with Crippen molar-refractivity contribution in [3.8, 4) is 27.8 Å². The Hall–Kier alpha value is -2.92. The molecule has 4 N–H and O–H groups in total. The molecule has 0 saturated heterocycles. The number of nitrogens with zero attached hydrogens (tertiary/aromatic N) is 5. The summed E-state index contributed by atoms with van der Waals surface area (Å²) in [5.74, 6) is 0.198. The van der Waals surface area contributed by atoms with E-state index in [1.54, 1.807) is 6.20 Å². The fourth-order valence-electron chi connectivity index (χ4n) is 2.81. The van der Waals surface area contributed by atoms with Crippen LogP contribution in [-0.4, -0.2) is 19.7 Å². The third-order valence-corrected chi connectivity index (χ3v) is 5.04. The van der Waals surface area contributed by atoms with E-state index in [0.717, 1.165) is 40.4 Å². The fourth-order valence-corrected chi connectivity index (χ4v) is 3.61. The highest BCUT2D eigenvalue weighted by Crippen LogP contribution is 2.36. The SMILES string of the molecule is CCCn1ncc(-c2cc(-c3sc(N)nc3C)nc(N)c2C#N)c1C. The van der Waals surface area contributed by atoms with Crippen LogP contribution in [0.25, 0.3) is 21.7 Å². The maximum atomic E-state index is 9.55. The molecule has 0 aliphatic rings. The van der Waals surface area contributed by atoms with Gasteiger partial charge in [0.25, 0.3) is 0 Å². The lowest BCUT2D eigenvalue weighted by Gasteiger charge is -2.10. The van der Waals surface area contributed by atoms with Crippen LogP contribution >= 0.6 is 11.3 Å². The average Bonchev–Trinajstić information content (AvgIpc) is 3.09. The maximum absolute atomic E-state index is 9.55. The maximum Gasteiger partial charge on any atom is 0.180 e. The van der Waals surface area contributed by atoms with Gasteiger partial charge in [0.2, 0.25) is 0 Å². The van der Waals surface area contributed by atoms with Gasteiger partial charge in [0.1, 0.15) is 17.5 Å². The smallest absolute Gasteiger partial charge is 0.180 e. The second kappa shape index (κ2) is 6.53. The highest BCUT2D eigenvalue weighted by atomic mass is 32.1. The normalized spacial score (nSPS) is 10.8. The Balaban J connectivity index is 2.22. The third-order valence-electron chi connectivity index (χ3n) is 4.03. The van der Waals surface area contributed by atoms with Gasteiger partial charge in [0, 0.05) is 23.4 Å². The molecular weight excluding hydrogens is 334 g/mol. The molecule has 128 valence electrons. The third kappa shape index (κ3) is 2.94. The highest BCUT2D eigenvalue weighted by Gasteiger charge is 2.19. The predicted octanol–water partition coefficient (Wildman–Crippen LogP) is 3.13. The van der Waals surface area contributed by atoms with Crippen LogP contribution in [0.15, 0.2) is 12.3 Å². The lowest BCUT2D eigenvalue weighted by Crippen LogP contribution is -2.02. The van der Waals surface area contributed by atoms with Gasteiger partial charge in [-0.1, -0.05) is 18.3 Å². The lowest BCUT2D eigenvalue weighted by molar-refractivity contribution is 0.587. The number of nitrogens with two attached hydrogens (primary N) is 2. The number of hydrogen-bond acceptors (Lipinski definition) is 7. The first-order valence-electron chi connectivity index (χ1n) is 7.92. The Kier molecular flexibility index (Phi) is 4.42. The van der Waals surface area contributed by atoms with Crippen molar-refractivity contribution in [3.05, 3.63) is 29.2 Å². The zero-order valence-corrected chi connectivity index (χ0v) is 15.2. The van der Waals surface area contributed by atoms with Crippen molar-refractivity contribution < 1.29 is 0 Å². The zero-order chi connectivity index (χ0) is 18.1. The molecule has 3 aromatic heterocycles. The number of hydrogen-bond donors (Lipinski definition) is 2. The minimum atomic E-state index is 0.198. The van der Waals surface area contributed by atoms with Crippen molar-refractivity contribution >= 4 is 22.3 Å². The Bertz CT molecular complexity index is 978. The summed E-state index contributed by atoms with van der Waals surface area (Å²) in [6.07, 6.45) is 2.76. The summed E-state index contributed by atoms with van der Waals surface area (Å²) in [4.78, 5) is 9.49. The van der Waals surface area contributed by atoms with Gasteiger partial charge in [0.15, 0.2) is 5.13 Å². The Labute approximate surface area is 149 Å². The van der Waals surface area contributed by atoms with Crippen molar-refractivity contribution in [3.63, 3.8) is 0 Å². The van der Waals surface area contributed by atoms with Gasteiger partial charge < -0.3 is 11.5 Å². The van der Waals surface area contributed by atoms with E-state index in [-0.39, 0.29) is 5.82 Å². The predicted molar refractivity (Wildman–Crippen MR) is 99.9 cm³/mol. The fraction of sp³-hybridized carbons (Fsp3) is 0.294. The molecule has 0 amide bonds. The quantitative estimate of drug-likeness (QED) is 0.743. The highest BCUT2D eigenvalue weighted by molar-refractivity contribution is 7.18. The van der Waals surface area contributed by atoms with Crippen LogP contribution in [-0.2, 0) is 6.54 Å². The second-order valence-electron chi connectivity index (χ2n) is 5.76. The van der Waals surface area contributed by atoms with Gasteiger partial charge in [0.05, 0.1) is 22.5 Å². The van der Waals surface area contributed by atoms with E-state index in [1.165, 1.54) is 11.3 Å². The molecule has 0 aliphatic heterocycles. The number of nitriles is 1. The summed E-state index contributed by atoms with van der Waals surface area (Å²) < 4.78 is 1.93. The molecule has 8 heteroatoms. The molecule has 0 bridgehead atoms. The second-order valence-corrected chi connectivity index (χ2v) is 6.79. The molecular formula is C17H19N7S. The van der Waals surface area contributed by atoms with Gasteiger partial charge in [-0.05, 0) is 26.3 Å². The van der Waals surface area contributed by atoms with E-state index in [0.29, 0.717) is 16.4 Å². The topological polar surface area (TPSA) is 119 Å². The van der Waals surface area contributed by atoms with E-state index in [1.807, 2.05) is 24.6 Å². The van der Waals surface area contributed by atoms with Crippen LogP contribution < -0.4 is 11.5 Å². The summed E-state index contributed by atoms with van der Waals surface area (Å²) in [7, 11) is 0. The molecule has 0 unspecified atom stereocenters. The number of aryl methyl sites for hydroxylation is 2. The summed E-state index contributed by atoms with van der Waals surface area (Å²) in [6.45, 7) is 6.79. The molecule has 3 heterocycles. The number of rotatable bonds is 4. The molecule has 0 saturated carbocycles. The van der Waals surface area contributed by atoms with Gasteiger partial charge in [-0.2, -0.15) is 10.4 Å². The van der Waals surface area contributed by atoms with Crippen LogP contribution in [0.3, 0.4) is 0 Å². The van der Waals surface area contributed by atoms with Crippen molar-refractivity contribution in [1.82, 2.24) is 19.7 Å². The van der Waals surface area contributed by atoms with Crippen molar-refractivity contribution in [2.24, 2.45) is 0 Å². The molecule has 0 aliphatic carbocycles.